The van der Waals surface area contributed by atoms with Gasteiger partial charge in [0.1, 0.15) is 11.5 Å². The average molecular weight is 635 g/mol. The largest absolute Gasteiger partial charge is 0.507 e. The Kier molecular flexibility index (Phi) is 12.6. The fourth-order valence-electron chi connectivity index (χ4n) is 5.31. The van der Waals surface area contributed by atoms with Crippen molar-refractivity contribution >= 4 is 24.8 Å². The normalized spacial score (nSPS) is 18.7. The number of phenolic OH excluding ortho intramolecular Hbond substituents is 2. The van der Waals surface area contributed by atoms with E-state index in [0.717, 1.165) is 47.9 Å². The molecule has 1 fully saturated rings. The van der Waals surface area contributed by atoms with E-state index in [4.69, 9.17) is 9.98 Å². The first kappa shape index (κ1) is 38.2. The monoisotopic (exact) mass is 634 g/mol. The van der Waals surface area contributed by atoms with Crippen molar-refractivity contribution in [2.24, 2.45) is 9.98 Å². The van der Waals surface area contributed by atoms with Gasteiger partial charge in [0.05, 0.1) is 12.1 Å². The van der Waals surface area contributed by atoms with Crippen molar-refractivity contribution in [2.45, 2.75) is 143 Å². The van der Waals surface area contributed by atoms with Crippen LogP contribution in [0.2, 0.25) is 0 Å². The number of aromatic hydroxyl groups is 2. The molecule has 6 heteroatoms. The summed E-state index contributed by atoms with van der Waals surface area (Å²) in [5, 5.41) is 22.5. The van der Waals surface area contributed by atoms with Gasteiger partial charge in [-0.3, -0.25) is 9.98 Å². The molecule has 0 spiro atoms. The Balaban J connectivity index is 0.00000441. The molecule has 4 nitrogen and oxygen atoms in total. The molecule has 234 valence electrons. The molecule has 0 unspecified atom stereocenters. The van der Waals surface area contributed by atoms with Gasteiger partial charge in [0.25, 0.3) is 0 Å². The van der Waals surface area contributed by atoms with Crippen LogP contribution in [0.1, 0.15) is 142 Å². The van der Waals surface area contributed by atoms with Gasteiger partial charge < -0.3 is 10.2 Å². The van der Waals surface area contributed by atoms with E-state index in [1.165, 1.54) is 11.1 Å². The molecule has 2 aromatic rings. The number of rotatable bonds is 4. The third kappa shape index (κ3) is 9.35. The zero-order valence-corrected chi connectivity index (χ0v) is 30.1. The van der Waals surface area contributed by atoms with Gasteiger partial charge in [-0.1, -0.05) is 108 Å². The Labute approximate surface area is 273 Å². The van der Waals surface area contributed by atoms with Crippen LogP contribution >= 0.6 is 12.4 Å². The van der Waals surface area contributed by atoms with E-state index in [0.29, 0.717) is 11.5 Å². The van der Waals surface area contributed by atoms with Gasteiger partial charge >= 0.3 is 0 Å². The molecule has 0 bridgehead atoms. The summed E-state index contributed by atoms with van der Waals surface area (Å²) in [4.78, 5) is 10.1. The zero-order valence-electron chi connectivity index (χ0n) is 28.1. The van der Waals surface area contributed by atoms with E-state index in [1.54, 1.807) is 0 Å². The standard InChI is InChI=1S/C36H54N2O2.ClH.Cr/c1-33(2,3)25-17-23(31(39)27(19-25)35(7,8)9)21-37-29-15-13-14-16-30(29)38-22-24-18-26(34(4,5)6)20-28(32(24)40)36(10,11)12;;/h17-22,29-30,39-40H,13-16H2,1-12H3;1H;/t29-,30-;;/m0../s1. The van der Waals surface area contributed by atoms with Crippen molar-refractivity contribution in [2.75, 3.05) is 0 Å². The first-order valence-electron chi connectivity index (χ1n) is 15.0. The molecule has 0 aliphatic heterocycles. The summed E-state index contributed by atoms with van der Waals surface area (Å²) in [5.74, 6) is 0.637. The van der Waals surface area contributed by atoms with Crippen molar-refractivity contribution in [3.8, 4) is 11.5 Å². The van der Waals surface area contributed by atoms with E-state index in [-0.39, 0.29) is 63.5 Å². The molecule has 2 N–H and O–H groups in total. The fraction of sp³-hybridized carbons (Fsp3) is 0.611. The van der Waals surface area contributed by atoms with Crippen LogP contribution in [0.4, 0.5) is 0 Å². The van der Waals surface area contributed by atoms with Crippen LogP contribution in [-0.4, -0.2) is 34.7 Å². The van der Waals surface area contributed by atoms with Gasteiger partial charge in [-0.15, -0.1) is 12.4 Å². The van der Waals surface area contributed by atoms with Gasteiger partial charge in [0.2, 0.25) is 0 Å². The topological polar surface area (TPSA) is 65.2 Å². The van der Waals surface area contributed by atoms with Crippen molar-refractivity contribution in [3.63, 3.8) is 0 Å². The SMILES string of the molecule is CC(C)(C)c1cc(C=N[C@H]2CCCC[C@@H]2N=Cc2cc(C(C)(C)C)cc(C(C)(C)C)c2O)c(O)c(C(C)(C)C)c1.Cl.[Cr]. The second kappa shape index (κ2) is 13.9. The van der Waals surface area contributed by atoms with Crippen LogP contribution in [0.15, 0.2) is 34.3 Å². The Morgan fingerprint density at radius 3 is 1.14 bits per heavy atom. The molecule has 0 heterocycles. The maximum Gasteiger partial charge on any atom is 0.128 e. The third-order valence-corrected chi connectivity index (χ3v) is 8.13. The first-order chi connectivity index (χ1) is 18.2. The van der Waals surface area contributed by atoms with Gasteiger partial charge in [-0.2, -0.15) is 0 Å². The van der Waals surface area contributed by atoms with Crippen molar-refractivity contribution in [1.29, 1.82) is 0 Å². The van der Waals surface area contributed by atoms with E-state index < -0.39 is 0 Å². The average Bonchev–Trinajstić information content (AvgIpc) is 2.80. The van der Waals surface area contributed by atoms with Gasteiger partial charge in [-0.05, 0) is 57.8 Å². The molecule has 42 heavy (non-hydrogen) atoms. The minimum absolute atomic E-state index is 0. The molecule has 2 aromatic carbocycles. The van der Waals surface area contributed by atoms with E-state index in [2.05, 4.69) is 107 Å². The molecular formula is C36H55ClCrN2O2. The predicted molar refractivity (Wildman–Crippen MR) is 179 cm³/mol. The van der Waals surface area contributed by atoms with Crippen molar-refractivity contribution < 1.29 is 27.6 Å². The summed E-state index contributed by atoms with van der Waals surface area (Å²) < 4.78 is 0. The van der Waals surface area contributed by atoms with Crippen molar-refractivity contribution in [3.05, 3.63) is 57.6 Å². The minimum Gasteiger partial charge on any atom is -0.507 e. The summed E-state index contributed by atoms with van der Waals surface area (Å²) in [7, 11) is 0. The summed E-state index contributed by atoms with van der Waals surface area (Å²) in [6, 6.07) is 8.53. The number of phenols is 2. The summed E-state index contributed by atoms with van der Waals surface area (Å²) in [6.45, 7) is 26.0. The minimum atomic E-state index is -0.179. The molecule has 1 saturated carbocycles. The first-order valence-corrected chi connectivity index (χ1v) is 15.0. The van der Waals surface area contributed by atoms with Crippen LogP contribution in [0.25, 0.3) is 0 Å². The Bertz CT molecular complexity index is 1170. The molecule has 3 rings (SSSR count). The molecule has 0 radical (unpaired) electrons. The number of halogens is 1. The van der Waals surface area contributed by atoms with Gasteiger partial charge in [0, 0.05) is 52.0 Å². The van der Waals surface area contributed by atoms with Crippen LogP contribution in [0, 0.1) is 0 Å². The van der Waals surface area contributed by atoms with E-state index in [1.807, 2.05) is 12.4 Å². The summed E-state index contributed by atoms with van der Waals surface area (Å²) in [5.41, 5.74) is 5.39. The molecule has 0 amide bonds. The number of hydrogen-bond acceptors (Lipinski definition) is 4. The smallest absolute Gasteiger partial charge is 0.128 e. The van der Waals surface area contributed by atoms with E-state index >= 15 is 0 Å². The maximum absolute atomic E-state index is 11.2. The Morgan fingerprint density at radius 1 is 0.571 bits per heavy atom. The predicted octanol–water partition coefficient (Wildman–Crippen LogP) is 9.56. The molecule has 2 atom stereocenters. The number of aliphatic imine (C=N–C) groups is 2. The van der Waals surface area contributed by atoms with Gasteiger partial charge in [-0.25, -0.2) is 0 Å². The summed E-state index contributed by atoms with van der Waals surface area (Å²) >= 11 is 0. The molecular weight excluding hydrogens is 580 g/mol. The fourth-order valence-corrected chi connectivity index (χ4v) is 5.31. The van der Waals surface area contributed by atoms with Gasteiger partial charge in [0.15, 0.2) is 0 Å². The van der Waals surface area contributed by atoms with E-state index in [9.17, 15) is 10.2 Å². The van der Waals surface area contributed by atoms with Crippen LogP contribution < -0.4 is 0 Å². The van der Waals surface area contributed by atoms with Crippen LogP contribution in [0.5, 0.6) is 11.5 Å². The Hall–Kier alpha value is -1.80. The zero-order chi connectivity index (χ0) is 30.3. The third-order valence-electron chi connectivity index (χ3n) is 8.13. The van der Waals surface area contributed by atoms with Crippen LogP contribution in [0.3, 0.4) is 0 Å². The Morgan fingerprint density at radius 2 is 0.881 bits per heavy atom. The number of benzene rings is 2. The van der Waals surface area contributed by atoms with Crippen LogP contribution in [-0.2, 0) is 39.0 Å². The number of nitrogens with zero attached hydrogens (tertiary/aromatic N) is 2. The second-order valence-corrected chi connectivity index (χ2v) is 15.9. The molecule has 0 aromatic heterocycles. The summed E-state index contributed by atoms with van der Waals surface area (Å²) in [6.07, 6.45) is 7.90. The molecule has 1 aliphatic rings. The second-order valence-electron chi connectivity index (χ2n) is 15.9. The maximum atomic E-state index is 11.2. The molecule has 0 saturated heterocycles. The molecule has 1 aliphatic carbocycles. The van der Waals surface area contributed by atoms with Crippen molar-refractivity contribution in [1.82, 2.24) is 0 Å². The quantitative estimate of drug-likeness (QED) is 0.329. The number of hydrogen-bond donors (Lipinski definition) is 2.